The Morgan fingerprint density at radius 3 is 2.15 bits per heavy atom. The maximum Gasteiger partial charge on any atom is 0.417 e. The molecule has 0 fully saturated rings. The summed E-state index contributed by atoms with van der Waals surface area (Å²) in [6.07, 6.45) is -4.83. The fourth-order valence-electron chi connectivity index (χ4n) is 2.47. The molecular formula is C17H13ClF3N3O2S. The largest absolute Gasteiger partial charge is 0.417 e. The number of rotatable bonds is 3. The second-order valence-electron chi connectivity index (χ2n) is 5.89. The summed E-state index contributed by atoms with van der Waals surface area (Å²) in [4.78, 5) is 7.27. The van der Waals surface area contributed by atoms with Gasteiger partial charge in [0.2, 0.25) is 0 Å². The SMILES string of the molecule is Cc1cc2nc(Cl)c(NS(=O)(=O)c3ccccc3C(F)(F)F)nc2cc1C. The fourth-order valence-corrected chi connectivity index (χ4v) is 3.95. The minimum atomic E-state index is -4.83. The molecular weight excluding hydrogens is 403 g/mol. The smallest absolute Gasteiger partial charge is 0.261 e. The topological polar surface area (TPSA) is 72.0 Å². The number of hydrogen-bond donors (Lipinski definition) is 1. The van der Waals surface area contributed by atoms with Crippen molar-refractivity contribution in [3.05, 3.63) is 58.2 Å². The van der Waals surface area contributed by atoms with E-state index in [-0.39, 0.29) is 11.0 Å². The van der Waals surface area contributed by atoms with E-state index in [1.807, 2.05) is 18.6 Å². The molecule has 142 valence electrons. The first-order valence-electron chi connectivity index (χ1n) is 7.62. The number of aryl methyl sites for hydroxylation is 2. The Kier molecular flexibility index (Phi) is 4.77. The molecule has 0 spiro atoms. The number of halogens is 4. The average molecular weight is 416 g/mol. The Hall–Kier alpha value is -2.39. The van der Waals surface area contributed by atoms with E-state index >= 15 is 0 Å². The Balaban J connectivity index is 2.10. The molecule has 10 heteroatoms. The zero-order valence-electron chi connectivity index (χ0n) is 14.1. The van der Waals surface area contributed by atoms with E-state index in [4.69, 9.17) is 11.6 Å². The van der Waals surface area contributed by atoms with E-state index in [0.717, 1.165) is 23.3 Å². The Morgan fingerprint density at radius 1 is 1.00 bits per heavy atom. The van der Waals surface area contributed by atoms with E-state index < -0.39 is 26.7 Å². The molecule has 3 rings (SSSR count). The van der Waals surface area contributed by atoms with Crippen molar-refractivity contribution in [1.82, 2.24) is 9.97 Å². The molecule has 5 nitrogen and oxygen atoms in total. The van der Waals surface area contributed by atoms with Gasteiger partial charge in [-0.3, -0.25) is 4.72 Å². The van der Waals surface area contributed by atoms with Gasteiger partial charge in [0.15, 0.2) is 11.0 Å². The van der Waals surface area contributed by atoms with Crippen LogP contribution in [0.2, 0.25) is 5.15 Å². The maximum atomic E-state index is 13.1. The fraction of sp³-hybridized carbons (Fsp3) is 0.176. The van der Waals surface area contributed by atoms with Crippen LogP contribution >= 0.6 is 11.6 Å². The lowest BCUT2D eigenvalue weighted by molar-refractivity contribution is -0.139. The van der Waals surface area contributed by atoms with Gasteiger partial charge in [-0.05, 0) is 49.2 Å². The third-order valence-electron chi connectivity index (χ3n) is 3.95. The summed E-state index contributed by atoms with van der Waals surface area (Å²) in [7, 11) is -4.59. The molecule has 27 heavy (non-hydrogen) atoms. The van der Waals surface area contributed by atoms with E-state index in [0.29, 0.717) is 17.1 Å². The lowest BCUT2D eigenvalue weighted by Gasteiger charge is -2.14. The molecule has 0 bridgehead atoms. The summed E-state index contributed by atoms with van der Waals surface area (Å²) in [6.45, 7) is 3.71. The minimum Gasteiger partial charge on any atom is -0.261 e. The zero-order valence-corrected chi connectivity index (χ0v) is 15.7. The summed E-state index contributed by atoms with van der Waals surface area (Å²) in [6, 6.07) is 7.28. The minimum absolute atomic E-state index is 0.265. The highest BCUT2D eigenvalue weighted by atomic mass is 35.5. The van der Waals surface area contributed by atoms with Crippen LogP contribution in [0.1, 0.15) is 16.7 Å². The number of alkyl halides is 3. The number of fused-ring (bicyclic) bond motifs is 1. The predicted octanol–water partition coefficient (Wildman–Crippen LogP) is 4.72. The molecule has 0 saturated carbocycles. The van der Waals surface area contributed by atoms with Crippen LogP contribution in [-0.4, -0.2) is 18.4 Å². The third kappa shape index (κ3) is 3.84. The van der Waals surface area contributed by atoms with Gasteiger partial charge in [-0.1, -0.05) is 23.7 Å². The first kappa shape index (κ1) is 19.4. The van der Waals surface area contributed by atoms with Gasteiger partial charge in [-0.15, -0.1) is 0 Å². The summed E-state index contributed by atoms with van der Waals surface area (Å²) in [5, 5.41) is -0.265. The van der Waals surface area contributed by atoms with Gasteiger partial charge >= 0.3 is 6.18 Å². The molecule has 0 unspecified atom stereocenters. The summed E-state index contributed by atoms with van der Waals surface area (Å²) in [5.41, 5.74) is 1.37. The molecule has 0 amide bonds. The van der Waals surface area contributed by atoms with Crippen molar-refractivity contribution < 1.29 is 21.6 Å². The van der Waals surface area contributed by atoms with Crippen LogP contribution in [0.15, 0.2) is 41.3 Å². The van der Waals surface area contributed by atoms with E-state index in [1.54, 1.807) is 12.1 Å². The second-order valence-corrected chi connectivity index (χ2v) is 7.90. The van der Waals surface area contributed by atoms with Gasteiger partial charge in [0.25, 0.3) is 10.0 Å². The highest BCUT2D eigenvalue weighted by Crippen LogP contribution is 2.35. The van der Waals surface area contributed by atoms with Crippen molar-refractivity contribution in [3.63, 3.8) is 0 Å². The Labute approximate surface area is 158 Å². The molecule has 0 saturated heterocycles. The van der Waals surface area contributed by atoms with Gasteiger partial charge in [-0.25, -0.2) is 18.4 Å². The number of benzene rings is 2. The average Bonchev–Trinajstić information content (AvgIpc) is 2.56. The molecule has 1 N–H and O–H groups in total. The number of aromatic nitrogens is 2. The molecule has 0 radical (unpaired) electrons. The quantitative estimate of drug-likeness (QED) is 0.671. The number of anilines is 1. The lowest BCUT2D eigenvalue weighted by atomic mass is 10.1. The number of nitrogens with one attached hydrogen (secondary N) is 1. The normalized spacial score (nSPS) is 12.4. The van der Waals surface area contributed by atoms with Crippen molar-refractivity contribution in [1.29, 1.82) is 0 Å². The van der Waals surface area contributed by atoms with Crippen molar-refractivity contribution >= 4 is 38.5 Å². The van der Waals surface area contributed by atoms with Crippen LogP contribution in [0.4, 0.5) is 19.0 Å². The summed E-state index contributed by atoms with van der Waals surface area (Å²) >= 11 is 6.00. The molecule has 0 atom stereocenters. The highest BCUT2D eigenvalue weighted by Gasteiger charge is 2.37. The van der Waals surface area contributed by atoms with Crippen molar-refractivity contribution in [2.75, 3.05) is 4.72 Å². The molecule has 2 aromatic carbocycles. The molecule has 1 heterocycles. The molecule has 1 aromatic heterocycles. The molecule has 0 aliphatic carbocycles. The zero-order chi connectivity index (χ0) is 20.0. The van der Waals surface area contributed by atoms with Crippen LogP contribution in [0.5, 0.6) is 0 Å². The van der Waals surface area contributed by atoms with Gasteiger partial charge in [-0.2, -0.15) is 13.2 Å². The lowest BCUT2D eigenvalue weighted by Crippen LogP contribution is -2.19. The van der Waals surface area contributed by atoms with Gasteiger partial charge in [0, 0.05) is 0 Å². The Bertz CT molecular complexity index is 1150. The van der Waals surface area contributed by atoms with Crippen LogP contribution in [0.25, 0.3) is 11.0 Å². The van der Waals surface area contributed by atoms with Crippen molar-refractivity contribution in [2.45, 2.75) is 24.9 Å². The van der Waals surface area contributed by atoms with Crippen LogP contribution in [0.3, 0.4) is 0 Å². The van der Waals surface area contributed by atoms with Crippen molar-refractivity contribution in [2.24, 2.45) is 0 Å². The molecule has 3 aromatic rings. The van der Waals surface area contributed by atoms with E-state index in [2.05, 4.69) is 9.97 Å². The Morgan fingerprint density at radius 2 is 1.56 bits per heavy atom. The van der Waals surface area contributed by atoms with Gasteiger partial charge in [0.1, 0.15) is 0 Å². The first-order chi connectivity index (χ1) is 12.5. The highest BCUT2D eigenvalue weighted by molar-refractivity contribution is 7.92. The van der Waals surface area contributed by atoms with Crippen LogP contribution < -0.4 is 4.72 Å². The van der Waals surface area contributed by atoms with E-state index in [9.17, 15) is 21.6 Å². The second kappa shape index (κ2) is 6.65. The third-order valence-corrected chi connectivity index (χ3v) is 5.61. The number of sulfonamides is 1. The molecule has 0 aliphatic rings. The monoisotopic (exact) mass is 415 g/mol. The molecule has 0 aliphatic heterocycles. The van der Waals surface area contributed by atoms with E-state index in [1.165, 1.54) is 6.07 Å². The number of hydrogen-bond acceptors (Lipinski definition) is 4. The first-order valence-corrected chi connectivity index (χ1v) is 9.49. The van der Waals surface area contributed by atoms with Crippen LogP contribution in [0, 0.1) is 13.8 Å². The van der Waals surface area contributed by atoms with Gasteiger partial charge in [0.05, 0.1) is 21.5 Å². The predicted molar refractivity (Wildman–Crippen MR) is 96.3 cm³/mol. The summed E-state index contributed by atoms with van der Waals surface area (Å²) in [5.74, 6) is -0.343. The standard InChI is InChI=1S/C17H13ClF3N3O2S/c1-9-7-12-13(8-10(9)2)23-16(15(18)22-12)24-27(25,26)14-6-4-3-5-11(14)17(19,20)21/h3-8H,1-2H3,(H,23,24). The van der Waals surface area contributed by atoms with Crippen molar-refractivity contribution in [3.8, 4) is 0 Å². The maximum absolute atomic E-state index is 13.1. The van der Waals surface area contributed by atoms with Crippen LogP contribution in [-0.2, 0) is 16.2 Å². The summed E-state index contributed by atoms with van der Waals surface area (Å²) < 4.78 is 66.5. The van der Waals surface area contributed by atoms with Gasteiger partial charge < -0.3 is 0 Å². The number of nitrogens with zero attached hydrogens (tertiary/aromatic N) is 2.